The van der Waals surface area contributed by atoms with Crippen LogP contribution in [0.25, 0.3) is 0 Å². The van der Waals surface area contributed by atoms with Gasteiger partial charge in [0.2, 0.25) is 11.5 Å². The highest BCUT2D eigenvalue weighted by molar-refractivity contribution is 7.09. The van der Waals surface area contributed by atoms with Crippen LogP contribution >= 0.6 is 11.3 Å². The van der Waals surface area contributed by atoms with Gasteiger partial charge in [-0.2, -0.15) is 0 Å². The maximum absolute atomic E-state index is 10.9. The number of rotatable bonds is 5. The van der Waals surface area contributed by atoms with E-state index in [2.05, 4.69) is 34.3 Å². The number of carboxylic acid groups (broad SMARTS) is 1. The third-order valence-corrected chi connectivity index (χ3v) is 2.42. The van der Waals surface area contributed by atoms with E-state index in [0.717, 1.165) is 0 Å². The van der Waals surface area contributed by atoms with Gasteiger partial charge in [-0.15, -0.1) is 11.3 Å². The summed E-state index contributed by atoms with van der Waals surface area (Å²) in [6.07, 6.45) is 0. The molecule has 0 atom stereocenters. The van der Waals surface area contributed by atoms with Gasteiger partial charge in [0, 0.05) is 5.38 Å². The van der Waals surface area contributed by atoms with E-state index in [9.17, 15) is 9.59 Å². The number of hydrogen-bond acceptors (Lipinski definition) is 7. The highest BCUT2D eigenvalue weighted by atomic mass is 32.1. The molecule has 0 aromatic carbocycles. The summed E-state index contributed by atoms with van der Waals surface area (Å²) < 4.78 is 3.82. The van der Waals surface area contributed by atoms with Crippen LogP contribution in [0.4, 0.5) is 0 Å². The second kappa shape index (κ2) is 5.96. The zero-order valence-corrected chi connectivity index (χ0v) is 10.1. The first-order chi connectivity index (χ1) is 8.45. The van der Waals surface area contributed by atoms with Gasteiger partial charge in [0.1, 0.15) is 5.69 Å². The molecule has 0 aliphatic carbocycles. The normalized spacial score (nSPS) is 10.8. The molecule has 7 nitrogen and oxygen atoms in total. The lowest BCUT2D eigenvalue weighted by molar-refractivity contribution is -0.134. The third kappa shape index (κ3) is 3.42. The molecule has 0 bridgehead atoms. The largest absolute Gasteiger partial charge is 0.538 e. The number of oxime groups is 1. The molecular weight excluding hydrogens is 259 g/mol. The van der Waals surface area contributed by atoms with Gasteiger partial charge >= 0.3 is 20.0 Å². The molecule has 0 unspecified atom stereocenters. The van der Waals surface area contributed by atoms with Crippen molar-refractivity contribution < 1.29 is 24.2 Å². The Morgan fingerprint density at radius 2 is 2.28 bits per heavy atom. The molecule has 0 spiro atoms. The van der Waals surface area contributed by atoms with Crippen molar-refractivity contribution in [3.8, 4) is 0 Å². The van der Waals surface area contributed by atoms with Crippen LogP contribution in [0.5, 0.6) is 0 Å². The standard InChI is InChI=1S/C9H7BN2O5S/c1-4(9(15)16-10)17-12-7(8(13)14)6-3-18-5(2)11-6/h3H,1H2,2H3,(H,13,14)/b12-7+. The summed E-state index contributed by atoms with van der Waals surface area (Å²) in [5.41, 5.74) is -0.329. The molecule has 1 heterocycles. The van der Waals surface area contributed by atoms with Gasteiger partial charge in [-0.1, -0.05) is 5.16 Å². The van der Waals surface area contributed by atoms with Crippen LogP contribution in [0.1, 0.15) is 10.7 Å². The number of aryl methyl sites for hydroxylation is 1. The van der Waals surface area contributed by atoms with Crippen LogP contribution in [0.2, 0.25) is 0 Å². The highest BCUT2D eigenvalue weighted by Crippen LogP contribution is 2.10. The number of aromatic nitrogens is 1. The summed E-state index contributed by atoms with van der Waals surface area (Å²) in [6, 6.07) is 0. The molecule has 1 rings (SSSR count). The molecule has 9 heteroatoms. The van der Waals surface area contributed by atoms with Crippen molar-refractivity contribution in [3.05, 3.63) is 28.4 Å². The third-order valence-electron chi connectivity index (χ3n) is 1.65. The first kappa shape index (κ1) is 13.9. The molecule has 2 radical (unpaired) electrons. The Labute approximate surface area is 107 Å². The van der Waals surface area contributed by atoms with Crippen LogP contribution in [0.3, 0.4) is 0 Å². The number of carbonyl (C=O) groups is 2. The van der Waals surface area contributed by atoms with Gasteiger partial charge in [-0.05, 0) is 13.5 Å². The van der Waals surface area contributed by atoms with E-state index in [4.69, 9.17) is 5.11 Å². The van der Waals surface area contributed by atoms with E-state index in [1.54, 1.807) is 6.92 Å². The van der Waals surface area contributed by atoms with E-state index in [1.807, 2.05) is 0 Å². The quantitative estimate of drug-likeness (QED) is 0.272. The molecule has 1 N–H and O–H groups in total. The Balaban J connectivity index is 2.90. The summed E-state index contributed by atoms with van der Waals surface area (Å²) in [4.78, 5) is 30.2. The number of carboxylic acids is 1. The summed E-state index contributed by atoms with van der Waals surface area (Å²) in [5.74, 6) is -2.95. The number of carbonyl (C=O) groups excluding carboxylic acids is 1. The predicted molar refractivity (Wildman–Crippen MR) is 63.1 cm³/mol. The minimum absolute atomic E-state index is 0.124. The smallest absolute Gasteiger partial charge is 0.379 e. The highest BCUT2D eigenvalue weighted by Gasteiger charge is 2.18. The number of nitrogens with zero attached hydrogens (tertiary/aromatic N) is 2. The van der Waals surface area contributed by atoms with E-state index in [1.165, 1.54) is 16.7 Å². The molecule has 1 aromatic rings. The lowest BCUT2D eigenvalue weighted by Crippen LogP contribution is -2.16. The molecule has 0 saturated heterocycles. The van der Waals surface area contributed by atoms with E-state index >= 15 is 0 Å². The fourth-order valence-corrected chi connectivity index (χ4v) is 1.47. The molecule has 0 fully saturated rings. The average molecular weight is 266 g/mol. The van der Waals surface area contributed by atoms with Crippen molar-refractivity contribution in [1.29, 1.82) is 0 Å². The first-order valence-corrected chi connectivity index (χ1v) is 5.34. The van der Waals surface area contributed by atoms with Gasteiger partial charge in [-0.25, -0.2) is 14.6 Å². The monoisotopic (exact) mass is 266 g/mol. The second-order valence-corrected chi connectivity index (χ2v) is 3.98. The first-order valence-electron chi connectivity index (χ1n) is 4.46. The lowest BCUT2D eigenvalue weighted by Gasteiger charge is -2.01. The lowest BCUT2D eigenvalue weighted by atomic mass is 10.3. The number of hydrogen-bond donors (Lipinski definition) is 1. The second-order valence-electron chi connectivity index (χ2n) is 2.92. The van der Waals surface area contributed by atoms with Crippen molar-refractivity contribution in [2.45, 2.75) is 6.92 Å². The van der Waals surface area contributed by atoms with Crippen molar-refractivity contribution >= 4 is 37.0 Å². The Morgan fingerprint density at radius 1 is 1.61 bits per heavy atom. The van der Waals surface area contributed by atoms with Crippen LogP contribution < -0.4 is 0 Å². The van der Waals surface area contributed by atoms with E-state index in [0.29, 0.717) is 5.01 Å². The van der Waals surface area contributed by atoms with Crippen LogP contribution in [-0.2, 0) is 19.1 Å². The van der Waals surface area contributed by atoms with Gasteiger partial charge < -0.3 is 14.6 Å². The zero-order chi connectivity index (χ0) is 13.7. The summed E-state index contributed by atoms with van der Waals surface area (Å²) in [6.45, 7) is 4.87. The van der Waals surface area contributed by atoms with E-state index < -0.39 is 23.4 Å². The Morgan fingerprint density at radius 3 is 2.72 bits per heavy atom. The van der Waals surface area contributed by atoms with Crippen LogP contribution in [0.15, 0.2) is 22.9 Å². The Hall–Kier alpha value is -2.16. The molecule has 18 heavy (non-hydrogen) atoms. The van der Waals surface area contributed by atoms with Gasteiger partial charge in [0.15, 0.2) is 0 Å². The van der Waals surface area contributed by atoms with Crippen molar-refractivity contribution in [3.63, 3.8) is 0 Å². The fourth-order valence-electron chi connectivity index (χ4n) is 0.871. The average Bonchev–Trinajstić information content (AvgIpc) is 2.74. The van der Waals surface area contributed by atoms with Crippen LogP contribution in [0, 0.1) is 6.92 Å². The van der Waals surface area contributed by atoms with Gasteiger partial charge in [0.05, 0.1) is 5.01 Å². The predicted octanol–water partition coefficient (Wildman–Crippen LogP) is 0.397. The topological polar surface area (TPSA) is 98.1 Å². The molecule has 0 amide bonds. The summed E-state index contributed by atoms with van der Waals surface area (Å²) in [5, 5.41) is 14.4. The van der Waals surface area contributed by atoms with Crippen molar-refractivity contribution in [2.24, 2.45) is 5.16 Å². The maximum atomic E-state index is 10.9. The van der Waals surface area contributed by atoms with Crippen molar-refractivity contribution in [2.75, 3.05) is 0 Å². The molecule has 1 aromatic heterocycles. The van der Waals surface area contributed by atoms with Gasteiger partial charge in [-0.3, -0.25) is 0 Å². The summed E-state index contributed by atoms with van der Waals surface area (Å²) >= 11 is 1.25. The maximum Gasteiger partial charge on any atom is 0.379 e. The molecule has 0 aliphatic rings. The zero-order valence-electron chi connectivity index (χ0n) is 9.24. The Bertz CT molecular complexity index is 525. The van der Waals surface area contributed by atoms with Crippen LogP contribution in [-0.4, -0.2) is 35.8 Å². The van der Waals surface area contributed by atoms with Gasteiger partial charge in [0.25, 0.3) is 0 Å². The summed E-state index contributed by atoms with van der Waals surface area (Å²) in [7, 11) is 4.59. The minimum Gasteiger partial charge on any atom is -0.538 e. The molecule has 0 aliphatic heterocycles. The van der Waals surface area contributed by atoms with Crippen molar-refractivity contribution in [1.82, 2.24) is 4.98 Å². The minimum atomic E-state index is -1.35. The van der Waals surface area contributed by atoms with E-state index in [-0.39, 0.29) is 5.69 Å². The molecule has 92 valence electrons. The SMILES string of the molecule is [B]OC(=O)C(=C)O/N=C(/C(=O)O)c1csc(C)n1. The molecular formula is C9H7BN2O5S. The molecule has 0 saturated carbocycles. The number of aliphatic carboxylic acids is 1. The number of thiazole rings is 1. The Kier molecular flexibility index (Phi) is 4.61. The fraction of sp³-hybridized carbons (Fsp3) is 0.111.